The minimum atomic E-state index is -0.0131. The van der Waals surface area contributed by atoms with E-state index in [1.165, 1.54) is 0 Å². The molecule has 1 aliphatic rings. The number of hydrogen-bond acceptors (Lipinski definition) is 2. The zero-order valence-corrected chi connectivity index (χ0v) is 11.2. The van der Waals surface area contributed by atoms with Gasteiger partial charge in [0.25, 0.3) is 0 Å². The van der Waals surface area contributed by atoms with Gasteiger partial charge in [-0.05, 0) is 38.5 Å². The molecule has 1 saturated heterocycles. The Labute approximate surface area is 108 Å². The molecule has 2 atom stereocenters. The van der Waals surface area contributed by atoms with Crippen molar-refractivity contribution < 1.29 is 4.79 Å². The maximum absolute atomic E-state index is 12.2. The summed E-state index contributed by atoms with van der Waals surface area (Å²) >= 11 is 0. The number of benzene rings is 1. The van der Waals surface area contributed by atoms with Gasteiger partial charge in [0.2, 0.25) is 0 Å². The third-order valence-corrected chi connectivity index (χ3v) is 3.11. The van der Waals surface area contributed by atoms with Crippen LogP contribution >= 0.6 is 0 Å². The third kappa shape index (κ3) is 3.23. The minimum Gasteiger partial charge on any atom is -0.321 e. The molecular weight excluding hydrogens is 226 g/mol. The summed E-state index contributed by atoms with van der Waals surface area (Å²) in [7, 11) is 0. The van der Waals surface area contributed by atoms with Crippen molar-refractivity contribution in [2.75, 3.05) is 18.4 Å². The normalized spacial score (nSPS) is 23.8. The van der Waals surface area contributed by atoms with Crippen LogP contribution < -0.4 is 10.6 Å². The Balaban J connectivity index is 1.99. The Hall–Kier alpha value is -1.55. The molecule has 0 aliphatic carbocycles. The Morgan fingerprint density at radius 2 is 2.00 bits per heavy atom. The van der Waals surface area contributed by atoms with Crippen molar-refractivity contribution in [1.29, 1.82) is 0 Å². The van der Waals surface area contributed by atoms with E-state index in [2.05, 4.69) is 24.5 Å². The predicted molar refractivity (Wildman–Crippen MR) is 73.8 cm³/mol. The molecule has 0 radical (unpaired) electrons. The summed E-state index contributed by atoms with van der Waals surface area (Å²) in [6.45, 7) is 7.72. The molecule has 1 aliphatic heterocycles. The van der Waals surface area contributed by atoms with Gasteiger partial charge < -0.3 is 15.5 Å². The molecule has 0 aromatic heterocycles. The number of urea groups is 1. The van der Waals surface area contributed by atoms with Gasteiger partial charge >= 0.3 is 6.03 Å². The van der Waals surface area contributed by atoms with E-state index in [4.69, 9.17) is 0 Å². The van der Waals surface area contributed by atoms with Crippen LogP contribution in [0.15, 0.2) is 24.3 Å². The van der Waals surface area contributed by atoms with Gasteiger partial charge in [-0.1, -0.05) is 12.1 Å². The average molecular weight is 247 g/mol. The number of aryl methyl sites for hydroxylation is 1. The number of carbonyl (C=O) groups is 1. The molecule has 1 aromatic rings. The third-order valence-electron chi connectivity index (χ3n) is 3.11. The second kappa shape index (κ2) is 5.40. The van der Waals surface area contributed by atoms with Crippen LogP contribution in [0.4, 0.5) is 10.5 Å². The van der Waals surface area contributed by atoms with E-state index in [0.29, 0.717) is 12.1 Å². The van der Waals surface area contributed by atoms with E-state index in [1.807, 2.05) is 36.1 Å². The SMILES string of the molecule is Cc1cccc(NC(=O)N2CC(C)NC(C)C2)c1. The van der Waals surface area contributed by atoms with Gasteiger partial charge in [-0.3, -0.25) is 0 Å². The van der Waals surface area contributed by atoms with Crippen molar-refractivity contribution in [3.05, 3.63) is 29.8 Å². The van der Waals surface area contributed by atoms with E-state index in [1.54, 1.807) is 0 Å². The van der Waals surface area contributed by atoms with Crippen LogP contribution in [0.2, 0.25) is 0 Å². The summed E-state index contributed by atoms with van der Waals surface area (Å²) < 4.78 is 0. The molecule has 0 spiro atoms. The van der Waals surface area contributed by atoms with Gasteiger partial charge in [0.15, 0.2) is 0 Å². The highest BCUT2D eigenvalue weighted by Crippen LogP contribution is 2.12. The molecule has 2 amide bonds. The lowest BCUT2D eigenvalue weighted by molar-refractivity contribution is 0.176. The maximum Gasteiger partial charge on any atom is 0.321 e. The number of nitrogens with one attached hydrogen (secondary N) is 2. The van der Waals surface area contributed by atoms with Gasteiger partial charge in [0, 0.05) is 30.9 Å². The summed E-state index contributed by atoms with van der Waals surface area (Å²) in [5, 5.41) is 6.37. The Morgan fingerprint density at radius 3 is 2.61 bits per heavy atom. The van der Waals surface area contributed by atoms with Gasteiger partial charge in [0.05, 0.1) is 0 Å². The quantitative estimate of drug-likeness (QED) is 0.799. The zero-order chi connectivity index (χ0) is 13.1. The highest BCUT2D eigenvalue weighted by atomic mass is 16.2. The summed E-state index contributed by atoms with van der Waals surface area (Å²) in [5.41, 5.74) is 2.01. The Morgan fingerprint density at radius 1 is 1.33 bits per heavy atom. The summed E-state index contributed by atoms with van der Waals surface area (Å²) in [6.07, 6.45) is 0. The number of carbonyl (C=O) groups excluding carboxylic acids is 1. The number of anilines is 1. The van der Waals surface area contributed by atoms with E-state index in [9.17, 15) is 4.79 Å². The van der Waals surface area contributed by atoms with Gasteiger partial charge in [-0.15, -0.1) is 0 Å². The summed E-state index contributed by atoms with van der Waals surface area (Å²) in [6, 6.07) is 8.54. The van der Waals surface area contributed by atoms with Crippen molar-refractivity contribution in [2.24, 2.45) is 0 Å². The molecule has 98 valence electrons. The lowest BCUT2D eigenvalue weighted by atomic mass is 10.1. The molecule has 1 aromatic carbocycles. The molecular formula is C14H21N3O. The molecule has 0 bridgehead atoms. The fourth-order valence-corrected chi connectivity index (χ4v) is 2.42. The fraction of sp³-hybridized carbons (Fsp3) is 0.500. The lowest BCUT2D eigenvalue weighted by Crippen LogP contribution is -2.56. The second-order valence-electron chi connectivity index (χ2n) is 5.17. The molecule has 18 heavy (non-hydrogen) atoms. The van der Waals surface area contributed by atoms with Crippen LogP contribution in [0, 0.1) is 6.92 Å². The number of hydrogen-bond donors (Lipinski definition) is 2. The first-order chi connectivity index (χ1) is 8.54. The van der Waals surface area contributed by atoms with Gasteiger partial charge in [-0.25, -0.2) is 4.79 Å². The highest BCUT2D eigenvalue weighted by molar-refractivity contribution is 5.89. The van der Waals surface area contributed by atoms with E-state index in [0.717, 1.165) is 24.3 Å². The van der Waals surface area contributed by atoms with E-state index in [-0.39, 0.29) is 6.03 Å². The molecule has 4 nitrogen and oxygen atoms in total. The first-order valence-electron chi connectivity index (χ1n) is 6.43. The highest BCUT2D eigenvalue weighted by Gasteiger charge is 2.24. The Bertz CT molecular complexity index is 423. The fourth-order valence-electron chi connectivity index (χ4n) is 2.42. The smallest absolute Gasteiger partial charge is 0.321 e. The molecule has 2 rings (SSSR count). The van der Waals surface area contributed by atoms with Gasteiger partial charge in [0.1, 0.15) is 0 Å². The maximum atomic E-state index is 12.2. The van der Waals surface area contributed by atoms with Crippen molar-refractivity contribution >= 4 is 11.7 Å². The van der Waals surface area contributed by atoms with E-state index < -0.39 is 0 Å². The van der Waals surface area contributed by atoms with Crippen LogP contribution in [-0.2, 0) is 0 Å². The molecule has 4 heteroatoms. The lowest BCUT2D eigenvalue weighted by Gasteiger charge is -2.36. The largest absolute Gasteiger partial charge is 0.321 e. The topological polar surface area (TPSA) is 44.4 Å². The van der Waals surface area contributed by atoms with Gasteiger partial charge in [-0.2, -0.15) is 0 Å². The second-order valence-corrected chi connectivity index (χ2v) is 5.17. The van der Waals surface area contributed by atoms with Crippen LogP contribution in [0.5, 0.6) is 0 Å². The first kappa shape index (κ1) is 12.9. The number of piperazine rings is 1. The first-order valence-corrected chi connectivity index (χ1v) is 6.43. The molecule has 0 saturated carbocycles. The number of amides is 2. The summed E-state index contributed by atoms with van der Waals surface area (Å²) in [5.74, 6) is 0. The average Bonchev–Trinajstić information content (AvgIpc) is 2.27. The van der Waals surface area contributed by atoms with Crippen molar-refractivity contribution in [3.63, 3.8) is 0 Å². The van der Waals surface area contributed by atoms with Crippen molar-refractivity contribution in [2.45, 2.75) is 32.9 Å². The van der Waals surface area contributed by atoms with E-state index >= 15 is 0 Å². The molecule has 1 fully saturated rings. The monoisotopic (exact) mass is 247 g/mol. The summed E-state index contributed by atoms with van der Waals surface area (Å²) in [4.78, 5) is 14.0. The number of rotatable bonds is 1. The number of nitrogens with zero attached hydrogens (tertiary/aromatic N) is 1. The zero-order valence-electron chi connectivity index (χ0n) is 11.2. The standard InChI is InChI=1S/C14H21N3O/c1-10-5-4-6-13(7-10)16-14(18)17-8-11(2)15-12(3)9-17/h4-7,11-12,15H,8-9H2,1-3H3,(H,16,18). The minimum absolute atomic E-state index is 0.0131. The van der Waals surface area contributed by atoms with Crippen LogP contribution in [0.3, 0.4) is 0 Å². The Kier molecular flexibility index (Phi) is 3.87. The predicted octanol–water partition coefficient (Wildman–Crippen LogP) is 2.21. The van der Waals surface area contributed by atoms with Crippen LogP contribution in [0.1, 0.15) is 19.4 Å². The molecule has 2 N–H and O–H groups in total. The van der Waals surface area contributed by atoms with Crippen molar-refractivity contribution in [3.8, 4) is 0 Å². The molecule has 2 unspecified atom stereocenters. The van der Waals surface area contributed by atoms with Crippen molar-refractivity contribution in [1.82, 2.24) is 10.2 Å². The molecule has 1 heterocycles. The van der Waals surface area contributed by atoms with Crippen LogP contribution in [-0.4, -0.2) is 36.1 Å². The van der Waals surface area contributed by atoms with Crippen LogP contribution in [0.25, 0.3) is 0 Å².